The molecule has 1 amide bonds. The van der Waals surface area contributed by atoms with Gasteiger partial charge in [0.05, 0.1) is 15.6 Å². The fraction of sp³-hybridized carbons (Fsp3) is 0.125. The first-order valence-electron chi connectivity index (χ1n) is 3.65. The second kappa shape index (κ2) is 3.98. The van der Waals surface area contributed by atoms with Gasteiger partial charge in [0.2, 0.25) is 6.41 Å². The second-order valence-corrected chi connectivity index (χ2v) is 5.10. The maximum absolute atomic E-state index is 11.1. The van der Waals surface area contributed by atoms with Crippen LogP contribution in [0.4, 0.5) is 5.69 Å². The zero-order valence-electron chi connectivity index (χ0n) is 7.32. The average molecular weight is 234 g/mol. The van der Waals surface area contributed by atoms with Crippen LogP contribution in [-0.4, -0.2) is 21.1 Å². The maximum atomic E-state index is 11.1. The van der Waals surface area contributed by atoms with Crippen LogP contribution in [0.25, 0.3) is 0 Å². The zero-order chi connectivity index (χ0) is 10.8. The van der Waals surface area contributed by atoms with E-state index in [0.717, 1.165) is 6.26 Å². The largest absolute Gasteiger partial charge is 0.327 e. The molecule has 14 heavy (non-hydrogen) atoms. The van der Waals surface area contributed by atoms with E-state index in [1.807, 2.05) is 0 Å². The summed E-state index contributed by atoms with van der Waals surface area (Å²) in [6.07, 6.45) is 1.56. The summed E-state index contributed by atoms with van der Waals surface area (Å²) >= 11 is 5.73. The molecule has 1 rings (SSSR count). The third kappa shape index (κ3) is 2.46. The lowest BCUT2D eigenvalue weighted by atomic mass is 10.3. The van der Waals surface area contributed by atoms with E-state index in [1.165, 1.54) is 18.2 Å². The molecule has 0 bridgehead atoms. The minimum absolute atomic E-state index is 0.124. The summed E-state index contributed by atoms with van der Waals surface area (Å²) in [5.41, 5.74) is 0.383. The van der Waals surface area contributed by atoms with Crippen molar-refractivity contribution in [3.05, 3.63) is 23.2 Å². The van der Waals surface area contributed by atoms with E-state index in [4.69, 9.17) is 11.6 Å². The number of hydrogen-bond acceptors (Lipinski definition) is 3. The van der Waals surface area contributed by atoms with Crippen molar-refractivity contribution < 1.29 is 13.2 Å². The van der Waals surface area contributed by atoms with Gasteiger partial charge in [-0.05, 0) is 18.2 Å². The van der Waals surface area contributed by atoms with E-state index >= 15 is 0 Å². The lowest BCUT2D eigenvalue weighted by Crippen LogP contribution is -1.99. The quantitative estimate of drug-likeness (QED) is 0.801. The van der Waals surface area contributed by atoms with Crippen LogP contribution in [0.1, 0.15) is 0 Å². The molecule has 0 fully saturated rings. The van der Waals surface area contributed by atoms with Crippen molar-refractivity contribution in [2.45, 2.75) is 4.90 Å². The Morgan fingerprint density at radius 1 is 1.43 bits per heavy atom. The van der Waals surface area contributed by atoms with E-state index in [2.05, 4.69) is 5.32 Å². The Morgan fingerprint density at radius 3 is 2.50 bits per heavy atom. The van der Waals surface area contributed by atoms with Crippen LogP contribution in [0, 0.1) is 0 Å². The highest BCUT2D eigenvalue weighted by Crippen LogP contribution is 2.24. The van der Waals surface area contributed by atoms with Crippen molar-refractivity contribution in [2.24, 2.45) is 0 Å². The Bertz CT molecular complexity index is 456. The highest BCUT2D eigenvalue weighted by atomic mass is 35.5. The van der Waals surface area contributed by atoms with Crippen molar-refractivity contribution in [1.29, 1.82) is 0 Å². The Hall–Kier alpha value is -1.07. The van der Waals surface area contributed by atoms with Crippen LogP contribution in [0.2, 0.25) is 5.02 Å². The molecule has 1 aromatic rings. The number of sulfone groups is 1. The maximum Gasteiger partial charge on any atom is 0.211 e. The molecule has 1 aromatic carbocycles. The average Bonchev–Trinajstić information content (AvgIpc) is 2.07. The fourth-order valence-corrected chi connectivity index (χ4v) is 1.85. The van der Waals surface area contributed by atoms with E-state index < -0.39 is 9.84 Å². The van der Waals surface area contributed by atoms with E-state index in [-0.39, 0.29) is 9.92 Å². The van der Waals surface area contributed by atoms with Gasteiger partial charge in [-0.25, -0.2) is 8.42 Å². The van der Waals surface area contributed by atoms with Gasteiger partial charge in [-0.2, -0.15) is 0 Å². The van der Waals surface area contributed by atoms with Gasteiger partial charge in [0, 0.05) is 6.26 Å². The molecule has 0 radical (unpaired) electrons. The third-order valence-corrected chi connectivity index (χ3v) is 3.01. The molecule has 76 valence electrons. The van der Waals surface area contributed by atoms with Crippen LogP contribution in [0.15, 0.2) is 23.1 Å². The molecule has 0 aliphatic heterocycles. The number of carbonyl (C=O) groups is 1. The summed E-state index contributed by atoms with van der Waals surface area (Å²) < 4.78 is 22.2. The van der Waals surface area contributed by atoms with Crippen molar-refractivity contribution in [2.75, 3.05) is 11.6 Å². The Labute approximate surface area is 86.8 Å². The summed E-state index contributed by atoms with van der Waals surface area (Å²) in [4.78, 5) is 10.2. The molecule has 4 nitrogen and oxygen atoms in total. The molecule has 0 heterocycles. The van der Waals surface area contributed by atoms with Gasteiger partial charge in [-0.15, -0.1) is 0 Å². The standard InChI is InChI=1S/C8H8ClNO3S/c1-14(12,13)6-2-3-8(10-5-11)7(9)4-6/h2-5H,1H3,(H,10,11). The molecule has 0 saturated heterocycles. The predicted molar refractivity (Wildman–Crippen MR) is 54.2 cm³/mol. The molecule has 0 unspecified atom stereocenters. The van der Waals surface area contributed by atoms with Crippen LogP contribution >= 0.6 is 11.6 Å². The Kier molecular flexibility index (Phi) is 3.13. The van der Waals surface area contributed by atoms with Crippen LogP contribution < -0.4 is 5.32 Å². The first kappa shape index (κ1) is 11.0. The van der Waals surface area contributed by atoms with Crippen LogP contribution in [-0.2, 0) is 14.6 Å². The lowest BCUT2D eigenvalue weighted by Gasteiger charge is -2.03. The number of halogens is 1. The van der Waals surface area contributed by atoms with E-state index in [9.17, 15) is 13.2 Å². The topological polar surface area (TPSA) is 63.2 Å². The molecular formula is C8H8ClNO3S. The second-order valence-electron chi connectivity index (χ2n) is 2.68. The number of rotatable bonds is 3. The van der Waals surface area contributed by atoms with Crippen LogP contribution in [0.3, 0.4) is 0 Å². The predicted octanol–water partition coefficient (Wildman–Crippen LogP) is 1.31. The molecule has 0 aromatic heterocycles. The highest BCUT2D eigenvalue weighted by molar-refractivity contribution is 7.90. The SMILES string of the molecule is CS(=O)(=O)c1ccc(NC=O)c(Cl)c1. The summed E-state index contributed by atoms with van der Waals surface area (Å²) in [6.45, 7) is 0. The molecule has 0 saturated carbocycles. The number of hydrogen-bond donors (Lipinski definition) is 1. The van der Waals surface area contributed by atoms with Gasteiger partial charge in [-0.1, -0.05) is 11.6 Å². The van der Waals surface area contributed by atoms with Crippen LogP contribution in [0.5, 0.6) is 0 Å². The molecule has 6 heteroatoms. The lowest BCUT2D eigenvalue weighted by molar-refractivity contribution is -0.105. The third-order valence-electron chi connectivity index (χ3n) is 1.58. The molecule has 0 aliphatic carbocycles. The minimum Gasteiger partial charge on any atom is -0.327 e. The van der Waals surface area contributed by atoms with E-state index in [0.29, 0.717) is 12.1 Å². The number of anilines is 1. The number of carbonyl (C=O) groups excluding carboxylic acids is 1. The van der Waals surface area contributed by atoms with Crippen molar-refractivity contribution in [3.8, 4) is 0 Å². The monoisotopic (exact) mass is 233 g/mol. The summed E-state index contributed by atoms with van der Waals surface area (Å²) in [5.74, 6) is 0. The van der Waals surface area contributed by atoms with Gasteiger partial charge in [0.25, 0.3) is 0 Å². The number of nitrogens with one attached hydrogen (secondary N) is 1. The zero-order valence-corrected chi connectivity index (χ0v) is 8.89. The highest BCUT2D eigenvalue weighted by Gasteiger charge is 2.09. The molecule has 0 spiro atoms. The molecule has 1 N–H and O–H groups in total. The Morgan fingerprint density at radius 2 is 2.07 bits per heavy atom. The normalized spacial score (nSPS) is 11.0. The van der Waals surface area contributed by atoms with Crippen molar-refractivity contribution >= 4 is 33.5 Å². The number of benzene rings is 1. The van der Waals surface area contributed by atoms with E-state index in [1.54, 1.807) is 0 Å². The summed E-state index contributed by atoms with van der Waals surface area (Å²) in [5, 5.41) is 2.54. The van der Waals surface area contributed by atoms with Crippen molar-refractivity contribution in [3.63, 3.8) is 0 Å². The summed E-state index contributed by atoms with van der Waals surface area (Å²) in [6, 6.07) is 4.11. The minimum atomic E-state index is -3.26. The van der Waals surface area contributed by atoms with Gasteiger partial charge < -0.3 is 5.32 Å². The molecule has 0 aliphatic rings. The smallest absolute Gasteiger partial charge is 0.211 e. The van der Waals surface area contributed by atoms with Gasteiger partial charge in [-0.3, -0.25) is 4.79 Å². The van der Waals surface area contributed by atoms with Gasteiger partial charge in [0.1, 0.15) is 0 Å². The van der Waals surface area contributed by atoms with Crippen molar-refractivity contribution in [1.82, 2.24) is 0 Å². The molecular weight excluding hydrogens is 226 g/mol. The summed E-state index contributed by atoms with van der Waals surface area (Å²) in [7, 11) is -3.26. The van der Waals surface area contributed by atoms with Gasteiger partial charge >= 0.3 is 0 Å². The van der Waals surface area contributed by atoms with Gasteiger partial charge in [0.15, 0.2) is 9.84 Å². The number of amides is 1. The Balaban J connectivity index is 3.19. The first-order chi connectivity index (χ1) is 6.45. The molecule has 0 atom stereocenters. The fourth-order valence-electron chi connectivity index (χ4n) is 0.907. The first-order valence-corrected chi connectivity index (χ1v) is 5.92.